The van der Waals surface area contributed by atoms with E-state index in [0.717, 1.165) is 5.32 Å². The molecule has 14 heteroatoms. The molecular formula is C12H12F9NO4. The van der Waals surface area contributed by atoms with E-state index in [1.165, 1.54) is 0 Å². The number of amides is 1. The molecule has 0 rings (SSSR count). The molecule has 0 fully saturated rings. The summed E-state index contributed by atoms with van der Waals surface area (Å²) >= 11 is 0. The Kier molecular flexibility index (Phi) is 7.52. The number of carbonyl (C=O) groups excluding carboxylic acids is 2. The van der Waals surface area contributed by atoms with Gasteiger partial charge < -0.3 is 14.8 Å². The van der Waals surface area contributed by atoms with Crippen LogP contribution < -0.4 is 5.32 Å². The fourth-order valence-electron chi connectivity index (χ4n) is 1.27. The molecule has 1 N–H and O–H groups in total. The molecule has 1 atom stereocenters. The van der Waals surface area contributed by atoms with Crippen LogP contribution in [0.1, 0.15) is 13.3 Å². The van der Waals surface area contributed by atoms with Crippen molar-refractivity contribution < 1.29 is 58.6 Å². The summed E-state index contributed by atoms with van der Waals surface area (Å²) in [6.07, 6.45) is -12.6. The second-order valence-corrected chi connectivity index (χ2v) is 4.88. The number of rotatable bonds is 8. The third kappa shape index (κ3) is 7.49. The first kappa shape index (κ1) is 24.0. The van der Waals surface area contributed by atoms with Crippen LogP contribution in [0.5, 0.6) is 0 Å². The van der Waals surface area contributed by atoms with Crippen molar-refractivity contribution in [1.29, 1.82) is 0 Å². The molecule has 0 aliphatic heterocycles. The van der Waals surface area contributed by atoms with Gasteiger partial charge >= 0.3 is 30.0 Å². The van der Waals surface area contributed by atoms with Gasteiger partial charge in [-0.15, -0.1) is 0 Å². The van der Waals surface area contributed by atoms with Gasteiger partial charge in [-0.25, -0.2) is 13.6 Å². The minimum atomic E-state index is -6.04. The first-order chi connectivity index (χ1) is 11.4. The number of alkyl halides is 8. The number of nitrogens with one attached hydrogen (secondary N) is 1. The summed E-state index contributed by atoms with van der Waals surface area (Å²) in [4.78, 5) is 22.6. The van der Waals surface area contributed by atoms with Gasteiger partial charge in [0, 0.05) is 6.42 Å². The van der Waals surface area contributed by atoms with Crippen molar-refractivity contribution in [3.8, 4) is 0 Å². The van der Waals surface area contributed by atoms with Crippen LogP contribution in [0.3, 0.4) is 0 Å². The van der Waals surface area contributed by atoms with E-state index < -0.39 is 61.3 Å². The van der Waals surface area contributed by atoms with Gasteiger partial charge in [0.25, 0.3) is 0 Å². The molecule has 0 saturated carbocycles. The summed E-state index contributed by atoms with van der Waals surface area (Å²) < 4.78 is 121. The summed E-state index contributed by atoms with van der Waals surface area (Å²) in [6, 6.07) is 0. The topological polar surface area (TPSA) is 64.6 Å². The molecule has 0 aromatic heterocycles. The zero-order chi connectivity index (χ0) is 21.0. The van der Waals surface area contributed by atoms with Crippen molar-refractivity contribution >= 4 is 11.9 Å². The third-order valence-electron chi connectivity index (χ3n) is 2.43. The number of carbonyl (C=O) groups is 2. The van der Waals surface area contributed by atoms with Gasteiger partial charge in [-0.05, 0) is 6.92 Å². The molecule has 0 saturated heterocycles. The van der Waals surface area contributed by atoms with Crippen LogP contribution in [0, 0.1) is 0 Å². The fraction of sp³-hybridized carbons (Fsp3) is 0.667. The van der Waals surface area contributed by atoms with Gasteiger partial charge in [-0.2, -0.15) is 30.7 Å². The molecule has 0 aliphatic rings. The van der Waals surface area contributed by atoms with E-state index in [2.05, 4.69) is 16.1 Å². The quantitative estimate of drug-likeness (QED) is 0.292. The van der Waals surface area contributed by atoms with Crippen LogP contribution >= 0.6 is 0 Å². The lowest BCUT2D eigenvalue weighted by Crippen LogP contribution is -2.62. The molecule has 0 radical (unpaired) electrons. The molecular weight excluding hydrogens is 393 g/mol. The maximum atomic E-state index is 13.2. The molecule has 0 aromatic carbocycles. The number of hydrogen-bond donors (Lipinski definition) is 1. The van der Waals surface area contributed by atoms with Crippen LogP contribution in [0.2, 0.25) is 0 Å². The Labute approximate surface area is 140 Å². The van der Waals surface area contributed by atoms with E-state index in [9.17, 15) is 49.1 Å². The molecule has 0 aliphatic carbocycles. The predicted molar refractivity (Wildman–Crippen MR) is 65.4 cm³/mol. The van der Waals surface area contributed by atoms with Crippen molar-refractivity contribution in [2.45, 2.75) is 37.4 Å². The zero-order valence-electron chi connectivity index (χ0n) is 12.9. The van der Waals surface area contributed by atoms with E-state index in [1.807, 2.05) is 0 Å². The van der Waals surface area contributed by atoms with Crippen LogP contribution in [-0.2, 0) is 19.1 Å². The average Bonchev–Trinajstić information content (AvgIpc) is 2.39. The minimum absolute atomic E-state index is 0.269. The Bertz CT molecular complexity index is 538. The summed E-state index contributed by atoms with van der Waals surface area (Å²) in [6.45, 7) is -1.32. The van der Waals surface area contributed by atoms with Crippen LogP contribution in [0.4, 0.5) is 39.5 Å². The lowest BCUT2D eigenvalue weighted by Gasteiger charge is -2.33. The summed E-state index contributed by atoms with van der Waals surface area (Å²) in [5.41, 5.74) is 0. The van der Waals surface area contributed by atoms with Crippen LogP contribution in [-0.4, -0.2) is 49.1 Å². The highest BCUT2D eigenvalue weighted by Crippen LogP contribution is 2.37. The molecule has 0 bridgehead atoms. The van der Waals surface area contributed by atoms with Crippen LogP contribution in [0.25, 0.3) is 0 Å². The number of hydrogen-bond acceptors (Lipinski definition) is 4. The predicted octanol–water partition coefficient (Wildman–Crippen LogP) is 3.01. The van der Waals surface area contributed by atoms with E-state index in [0.29, 0.717) is 0 Å². The normalized spacial score (nSPS) is 15.2. The maximum Gasteiger partial charge on any atom is 0.466 e. The van der Waals surface area contributed by atoms with Crippen molar-refractivity contribution in [2.75, 3.05) is 13.2 Å². The van der Waals surface area contributed by atoms with E-state index >= 15 is 0 Å². The number of ether oxygens (including phenoxy) is 2. The van der Waals surface area contributed by atoms with Gasteiger partial charge in [0.1, 0.15) is 6.54 Å². The van der Waals surface area contributed by atoms with Gasteiger partial charge in [0.15, 0.2) is 0 Å². The smallest absolute Gasteiger partial charge is 0.410 e. The van der Waals surface area contributed by atoms with Gasteiger partial charge in [-0.3, -0.25) is 4.79 Å². The first-order valence-corrected chi connectivity index (χ1v) is 6.42. The largest absolute Gasteiger partial charge is 0.466 e. The second-order valence-electron chi connectivity index (χ2n) is 4.88. The van der Waals surface area contributed by atoms with Crippen molar-refractivity contribution in [3.63, 3.8) is 0 Å². The van der Waals surface area contributed by atoms with Crippen molar-refractivity contribution in [1.82, 2.24) is 5.32 Å². The molecule has 26 heavy (non-hydrogen) atoms. The van der Waals surface area contributed by atoms with Crippen LogP contribution in [0.15, 0.2) is 12.4 Å². The van der Waals surface area contributed by atoms with Crippen molar-refractivity contribution in [3.05, 3.63) is 12.4 Å². The Morgan fingerprint density at radius 1 is 1.04 bits per heavy atom. The average molecular weight is 405 g/mol. The maximum absolute atomic E-state index is 13.2. The lowest BCUT2D eigenvalue weighted by atomic mass is 10.2. The fourth-order valence-corrected chi connectivity index (χ4v) is 1.27. The molecule has 152 valence electrons. The molecule has 0 aromatic rings. The Morgan fingerprint density at radius 3 is 1.88 bits per heavy atom. The van der Waals surface area contributed by atoms with E-state index in [-0.39, 0.29) is 6.92 Å². The zero-order valence-corrected chi connectivity index (χ0v) is 12.9. The highest BCUT2D eigenvalue weighted by Gasteiger charge is 2.66. The molecule has 1 unspecified atom stereocenters. The standard InChI is InChI=1S/C12H12F9NO4/c1-6(13)7(23)26-11(12(19,20)21,25-4-3-9(2,14)15)8(24)22-5-10(16,17)18/h1,3-5H2,2H3,(H,22,24). The Morgan fingerprint density at radius 2 is 1.54 bits per heavy atom. The number of esters is 1. The highest BCUT2D eigenvalue weighted by molar-refractivity contribution is 5.91. The number of halogens is 9. The summed E-state index contributed by atoms with van der Waals surface area (Å²) in [5.74, 6) is -15.7. The second kappa shape index (κ2) is 8.14. The Balaban J connectivity index is 5.76. The molecule has 1 amide bonds. The molecule has 5 nitrogen and oxygen atoms in total. The minimum Gasteiger partial charge on any atom is -0.410 e. The van der Waals surface area contributed by atoms with Gasteiger partial charge in [-0.1, -0.05) is 6.58 Å². The highest BCUT2D eigenvalue weighted by atomic mass is 19.4. The molecule has 0 spiro atoms. The molecule has 0 heterocycles. The first-order valence-electron chi connectivity index (χ1n) is 6.42. The van der Waals surface area contributed by atoms with Gasteiger partial charge in [0.05, 0.1) is 6.61 Å². The van der Waals surface area contributed by atoms with E-state index in [4.69, 9.17) is 0 Å². The van der Waals surface area contributed by atoms with Gasteiger partial charge in [0.2, 0.25) is 11.7 Å². The summed E-state index contributed by atoms with van der Waals surface area (Å²) in [7, 11) is 0. The monoisotopic (exact) mass is 405 g/mol. The van der Waals surface area contributed by atoms with Crippen molar-refractivity contribution in [2.24, 2.45) is 0 Å². The summed E-state index contributed by atoms with van der Waals surface area (Å²) in [5, 5.41) is 0.736. The third-order valence-corrected chi connectivity index (χ3v) is 2.43. The van der Waals surface area contributed by atoms with E-state index in [1.54, 1.807) is 0 Å². The Hall–Kier alpha value is -1.99. The lowest BCUT2D eigenvalue weighted by molar-refractivity contribution is -0.349. The SMILES string of the molecule is C=C(F)C(=O)OC(OCCC(C)(F)F)(C(=O)NCC(F)(F)F)C(F)(F)F.